The number of phosphoric ester groups is 1. The number of hydrogen-bond donors (Lipinski definition) is 3. The van der Waals surface area contributed by atoms with E-state index in [9.17, 15) is 4.57 Å². The van der Waals surface area contributed by atoms with E-state index in [1.165, 1.54) is 0 Å². The molecule has 0 aromatic carbocycles. The predicted molar refractivity (Wildman–Crippen MR) is 50.0 cm³/mol. The Balaban J connectivity index is 4.04. The van der Waals surface area contributed by atoms with Crippen LogP contribution >= 0.6 is 39.7 Å². The predicted octanol–water partition coefficient (Wildman–Crippen LogP) is 1.09. The molecule has 0 saturated carbocycles. The largest absolute Gasteiger partial charge is 0.469 e. The first-order valence-electron chi connectivity index (χ1n) is 2.71. The van der Waals surface area contributed by atoms with Gasteiger partial charge in [-0.2, -0.15) is 0 Å². The van der Waals surface area contributed by atoms with Crippen LogP contribution in [0.1, 0.15) is 0 Å². The number of phosphoric acid groups is 1. The maximum atomic E-state index is 10.2. The maximum Gasteiger partial charge on any atom is 0.469 e. The van der Waals surface area contributed by atoms with Crippen LogP contribution in [0.25, 0.3) is 0 Å². The van der Waals surface area contributed by atoms with Gasteiger partial charge in [-0.15, -0.1) is 0 Å². The number of aliphatic hydroxyl groups is 1. The lowest BCUT2D eigenvalue weighted by Gasteiger charge is -2.05. The highest BCUT2D eigenvalue weighted by Gasteiger charge is 2.14. The van der Waals surface area contributed by atoms with Gasteiger partial charge < -0.3 is 14.9 Å². The monoisotopic (exact) mass is 324 g/mol. The highest BCUT2D eigenvalue weighted by atomic mass is 79.9. The van der Waals surface area contributed by atoms with Gasteiger partial charge in [-0.25, -0.2) is 4.57 Å². The van der Waals surface area contributed by atoms with Gasteiger partial charge >= 0.3 is 7.82 Å². The first-order chi connectivity index (χ1) is 5.37. The van der Waals surface area contributed by atoms with Crippen LogP contribution in [-0.4, -0.2) is 28.1 Å². The van der Waals surface area contributed by atoms with Crippen molar-refractivity contribution >= 4 is 39.7 Å². The third-order valence-corrected chi connectivity index (χ3v) is 3.23. The van der Waals surface area contributed by atoms with Crippen molar-refractivity contribution in [2.75, 3.05) is 13.2 Å². The Hall–Kier alpha value is 0.770. The fourth-order valence-electron chi connectivity index (χ4n) is 0.305. The van der Waals surface area contributed by atoms with Crippen molar-refractivity contribution in [2.45, 2.75) is 0 Å². The summed E-state index contributed by atoms with van der Waals surface area (Å²) in [6, 6.07) is 0. The third kappa shape index (κ3) is 6.30. The van der Waals surface area contributed by atoms with Gasteiger partial charge in [-0.3, -0.25) is 4.52 Å². The fourth-order valence-corrected chi connectivity index (χ4v) is 1.13. The second-order valence-corrected chi connectivity index (χ2v) is 4.89. The van der Waals surface area contributed by atoms with E-state index < -0.39 is 7.82 Å². The second kappa shape index (κ2) is 5.49. The van der Waals surface area contributed by atoms with Crippen LogP contribution in [0.3, 0.4) is 0 Å². The number of hydrogen-bond acceptors (Lipinski definition) is 3. The molecule has 0 aliphatic heterocycles. The van der Waals surface area contributed by atoms with Gasteiger partial charge in [0.15, 0.2) is 0 Å². The molecule has 12 heavy (non-hydrogen) atoms. The van der Waals surface area contributed by atoms with Gasteiger partial charge in [-0.1, -0.05) is 31.9 Å². The lowest BCUT2D eigenvalue weighted by molar-refractivity contribution is 0.214. The minimum atomic E-state index is -4.44. The van der Waals surface area contributed by atoms with Crippen LogP contribution in [-0.2, 0) is 9.09 Å². The van der Waals surface area contributed by atoms with Gasteiger partial charge in [0.2, 0.25) is 0 Å². The average Bonchev–Trinajstić information content (AvgIpc) is 1.97. The summed E-state index contributed by atoms with van der Waals surface area (Å²) in [7, 11) is -4.44. The van der Waals surface area contributed by atoms with E-state index in [4.69, 9.17) is 14.9 Å². The summed E-state index contributed by atoms with van der Waals surface area (Å²) in [5.41, 5.74) is 0. The molecule has 0 heterocycles. The molecule has 3 N–H and O–H groups in total. The average molecular weight is 326 g/mol. The zero-order valence-corrected chi connectivity index (χ0v) is 9.84. The zero-order chi connectivity index (χ0) is 9.78. The van der Waals surface area contributed by atoms with E-state index in [0.29, 0.717) is 8.96 Å². The molecular formula is C4H7Br2O5P. The lowest BCUT2D eigenvalue weighted by atomic mass is 10.5. The summed E-state index contributed by atoms with van der Waals surface area (Å²) < 4.78 is 15.1. The van der Waals surface area contributed by atoms with Crippen molar-refractivity contribution in [2.24, 2.45) is 0 Å². The molecule has 5 nitrogen and oxygen atoms in total. The van der Waals surface area contributed by atoms with E-state index in [0.717, 1.165) is 0 Å². The summed E-state index contributed by atoms with van der Waals surface area (Å²) in [5.74, 6) is 0. The van der Waals surface area contributed by atoms with Crippen LogP contribution in [0.2, 0.25) is 0 Å². The van der Waals surface area contributed by atoms with Crippen molar-refractivity contribution in [3.8, 4) is 0 Å². The van der Waals surface area contributed by atoms with Crippen molar-refractivity contribution in [3.05, 3.63) is 8.96 Å². The van der Waals surface area contributed by atoms with Crippen LogP contribution < -0.4 is 0 Å². The molecule has 0 aliphatic rings. The molecule has 0 spiro atoms. The van der Waals surface area contributed by atoms with E-state index in [-0.39, 0.29) is 13.2 Å². The molecule has 0 aromatic rings. The first kappa shape index (κ1) is 12.8. The van der Waals surface area contributed by atoms with Crippen LogP contribution in [0, 0.1) is 0 Å². The number of rotatable bonds is 4. The van der Waals surface area contributed by atoms with Gasteiger partial charge in [0.1, 0.15) is 0 Å². The molecule has 0 amide bonds. The Bertz CT molecular complexity index is 221. The smallest absolute Gasteiger partial charge is 0.391 e. The molecule has 0 atom stereocenters. The molecule has 0 aliphatic carbocycles. The summed E-state index contributed by atoms with van der Waals surface area (Å²) in [6.07, 6.45) is 0. The van der Waals surface area contributed by atoms with E-state index in [2.05, 4.69) is 36.4 Å². The molecule has 0 unspecified atom stereocenters. The van der Waals surface area contributed by atoms with Crippen LogP contribution in [0.5, 0.6) is 0 Å². The Labute approximate surface area is 85.9 Å². The molecule has 8 heteroatoms. The Kier molecular flexibility index (Phi) is 5.84. The lowest BCUT2D eigenvalue weighted by Crippen LogP contribution is -1.95. The van der Waals surface area contributed by atoms with Gasteiger partial charge in [0, 0.05) is 8.96 Å². The van der Waals surface area contributed by atoms with E-state index >= 15 is 0 Å². The normalized spacial score (nSPS) is 14.4. The zero-order valence-electron chi connectivity index (χ0n) is 5.78. The van der Waals surface area contributed by atoms with E-state index in [1.807, 2.05) is 0 Å². The Morgan fingerprint density at radius 1 is 1.33 bits per heavy atom. The Morgan fingerprint density at radius 2 is 1.83 bits per heavy atom. The second-order valence-electron chi connectivity index (χ2n) is 1.73. The van der Waals surface area contributed by atoms with Crippen molar-refractivity contribution < 1.29 is 24.0 Å². The summed E-state index contributed by atoms with van der Waals surface area (Å²) in [6.45, 7) is -0.545. The molecule has 0 aromatic heterocycles. The highest BCUT2D eigenvalue weighted by molar-refractivity contribution is 9.14. The first-order valence-corrected chi connectivity index (χ1v) is 5.82. The van der Waals surface area contributed by atoms with Crippen molar-refractivity contribution in [1.29, 1.82) is 0 Å². The maximum absolute atomic E-state index is 10.2. The van der Waals surface area contributed by atoms with Crippen molar-refractivity contribution in [1.82, 2.24) is 0 Å². The molecule has 0 rings (SSSR count). The quantitative estimate of drug-likeness (QED) is 0.674. The van der Waals surface area contributed by atoms with Crippen LogP contribution in [0.4, 0.5) is 0 Å². The Morgan fingerprint density at radius 3 is 2.17 bits per heavy atom. The molecule has 72 valence electrons. The molecular weight excluding hydrogens is 319 g/mol. The fraction of sp³-hybridized carbons (Fsp3) is 0.500. The van der Waals surface area contributed by atoms with Gasteiger partial charge in [0.05, 0.1) is 13.2 Å². The van der Waals surface area contributed by atoms with E-state index in [1.54, 1.807) is 0 Å². The molecule has 0 radical (unpaired) electrons. The third-order valence-electron chi connectivity index (χ3n) is 0.793. The number of aliphatic hydroxyl groups excluding tert-OH is 1. The topological polar surface area (TPSA) is 87.0 Å². The van der Waals surface area contributed by atoms with Crippen molar-refractivity contribution in [3.63, 3.8) is 0 Å². The van der Waals surface area contributed by atoms with Crippen LogP contribution in [0.15, 0.2) is 8.96 Å². The molecule has 0 bridgehead atoms. The standard InChI is InChI=1S/C4H7Br2O5P/c5-3(1-7)4(6)2-11-12(8,9)10/h7H,1-2H2,(H2,8,9,10). The minimum absolute atomic E-state index is 0.259. The molecule has 0 saturated heterocycles. The highest BCUT2D eigenvalue weighted by Crippen LogP contribution is 2.37. The minimum Gasteiger partial charge on any atom is -0.391 e. The number of halogens is 2. The SMILES string of the molecule is O=P(O)(O)OCC(Br)=C(Br)CO. The summed E-state index contributed by atoms with van der Waals surface area (Å²) in [5, 5.41) is 8.55. The summed E-state index contributed by atoms with van der Waals surface area (Å²) in [4.78, 5) is 16.6. The summed E-state index contributed by atoms with van der Waals surface area (Å²) >= 11 is 5.92. The van der Waals surface area contributed by atoms with Gasteiger partial charge in [-0.05, 0) is 0 Å². The molecule has 0 fully saturated rings. The van der Waals surface area contributed by atoms with Gasteiger partial charge in [0.25, 0.3) is 0 Å².